The molecule has 2 amide bonds. The van der Waals surface area contributed by atoms with Gasteiger partial charge in [0.2, 0.25) is 0 Å². The van der Waals surface area contributed by atoms with Gasteiger partial charge in [0.25, 0.3) is 11.8 Å². The van der Waals surface area contributed by atoms with Gasteiger partial charge in [0, 0.05) is 23.4 Å². The first-order valence-electron chi connectivity index (χ1n) is 7.78. The highest BCUT2D eigenvalue weighted by atomic mass is 16.2. The molecule has 23 heavy (non-hydrogen) atoms. The van der Waals surface area contributed by atoms with Crippen LogP contribution >= 0.6 is 0 Å². The van der Waals surface area contributed by atoms with E-state index in [-0.39, 0.29) is 11.8 Å². The number of nitrogens with one attached hydrogen (secondary N) is 2. The predicted molar refractivity (Wildman–Crippen MR) is 92.9 cm³/mol. The van der Waals surface area contributed by atoms with E-state index in [9.17, 15) is 9.59 Å². The van der Waals surface area contributed by atoms with Gasteiger partial charge in [-0.15, -0.1) is 0 Å². The van der Waals surface area contributed by atoms with E-state index in [0.29, 0.717) is 17.7 Å². The van der Waals surface area contributed by atoms with Gasteiger partial charge in [-0.1, -0.05) is 25.1 Å². The lowest BCUT2D eigenvalue weighted by molar-refractivity contribution is 0.0951. The third kappa shape index (κ3) is 4.19. The molecule has 0 aliphatic heterocycles. The number of anilines is 1. The highest BCUT2D eigenvalue weighted by molar-refractivity contribution is 6.05. The molecule has 0 aliphatic carbocycles. The summed E-state index contributed by atoms with van der Waals surface area (Å²) in [7, 11) is 0. The maximum absolute atomic E-state index is 12.4. The average Bonchev–Trinajstić information content (AvgIpc) is 2.56. The second-order valence-corrected chi connectivity index (χ2v) is 5.55. The smallest absolute Gasteiger partial charge is 0.255 e. The second kappa shape index (κ2) is 7.58. The molecule has 4 heteroatoms. The highest BCUT2D eigenvalue weighted by Crippen LogP contribution is 2.20. The predicted octanol–water partition coefficient (Wildman–Crippen LogP) is 3.70. The lowest BCUT2D eigenvalue weighted by atomic mass is 10.1. The van der Waals surface area contributed by atoms with Crippen LogP contribution in [0, 0.1) is 13.8 Å². The molecule has 0 saturated heterocycles. The average molecular weight is 310 g/mol. The molecule has 2 rings (SSSR count). The first-order chi connectivity index (χ1) is 11.0. The van der Waals surface area contributed by atoms with Crippen molar-refractivity contribution in [3.05, 3.63) is 64.7 Å². The lowest BCUT2D eigenvalue weighted by Gasteiger charge is -2.11. The van der Waals surface area contributed by atoms with Crippen LogP contribution in [0.2, 0.25) is 0 Å². The third-order valence-electron chi connectivity index (χ3n) is 3.66. The van der Waals surface area contributed by atoms with Crippen LogP contribution in [0.3, 0.4) is 0 Å². The van der Waals surface area contributed by atoms with Gasteiger partial charge in [-0.3, -0.25) is 9.59 Å². The normalized spacial score (nSPS) is 10.2. The van der Waals surface area contributed by atoms with Gasteiger partial charge < -0.3 is 10.6 Å². The van der Waals surface area contributed by atoms with Crippen LogP contribution < -0.4 is 10.6 Å². The van der Waals surface area contributed by atoms with Crippen LogP contribution in [0.15, 0.2) is 42.5 Å². The van der Waals surface area contributed by atoms with E-state index in [4.69, 9.17) is 0 Å². The van der Waals surface area contributed by atoms with E-state index in [1.165, 1.54) is 0 Å². The first kappa shape index (κ1) is 16.7. The summed E-state index contributed by atoms with van der Waals surface area (Å²) in [4.78, 5) is 24.2. The van der Waals surface area contributed by atoms with E-state index >= 15 is 0 Å². The topological polar surface area (TPSA) is 58.2 Å². The minimum absolute atomic E-state index is 0.117. The minimum Gasteiger partial charge on any atom is -0.352 e. The second-order valence-electron chi connectivity index (χ2n) is 5.55. The van der Waals surface area contributed by atoms with Gasteiger partial charge in [0.1, 0.15) is 0 Å². The Balaban J connectivity index is 2.10. The summed E-state index contributed by atoms with van der Waals surface area (Å²) < 4.78 is 0. The van der Waals surface area contributed by atoms with E-state index in [0.717, 1.165) is 23.2 Å². The standard InChI is InChI=1S/C19H22N2O2/c1-4-12-20-18(22)15-8-10-16(11-9-15)19(23)21-17-13(2)6-5-7-14(17)3/h5-11H,4,12H2,1-3H3,(H,20,22)(H,21,23). The van der Waals surface area contributed by atoms with Gasteiger partial charge in [-0.25, -0.2) is 0 Å². The maximum atomic E-state index is 12.4. The molecule has 0 aromatic heterocycles. The zero-order valence-corrected chi connectivity index (χ0v) is 13.8. The molecule has 2 aromatic carbocycles. The number of hydrogen-bond donors (Lipinski definition) is 2. The fourth-order valence-electron chi connectivity index (χ4n) is 2.31. The van der Waals surface area contributed by atoms with E-state index < -0.39 is 0 Å². The van der Waals surface area contributed by atoms with Crippen molar-refractivity contribution in [2.45, 2.75) is 27.2 Å². The first-order valence-corrected chi connectivity index (χ1v) is 7.78. The Morgan fingerprint density at radius 3 is 1.91 bits per heavy atom. The van der Waals surface area contributed by atoms with Crippen molar-refractivity contribution >= 4 is 17.5 Å². The quantitative estimate of drug-likeness (QED) is 0.884. The number of amides is 2. The van der Waals surface area contributed by atoms with Crippen LogP contribution in [0.5, 0.6) is 0 Å². The molecule has 0 saturated carbocycles. The van der Waals surface area contributed by atoms with Gasteiger partial charge in [-0.05, 0) is 55.7 Å². The number of carbonyl (C=O) groups excluding carboxylic acids is 2. The van der Waals surface area contributed by atoms with Gasteiger partial charge in [-0.2, -0.15) is 0 Å². The largest absolute Gasteiger partial charge is 0.352 e. The number of rotatable bonds is 5. The Labute approximate surface area is 136 Å². The molecule has 0 aliphatic rings. The highest BCUT2D eigenvalue weighted by Gasteiger charge is 2.11. The number of benzene rings is 2. The molecule has 0 radical (unpaired) electrons. The van der Waals surface area contributed by atoms with Crippen LogP contribution in [0.25, 0.3) is 0 Å². The monoisotopic (exact) mass is 310 g/mol. The number of aryl methyl sites for hydroxylation is 2. The molecular formula is C19H22N2O2. The van der Waals surface area contributed by atoms with Gasteiger partial charge >= 0.3 is 0 Å². The summed E-state index contributed by atoms with van der Waals surface area (Å²) in [6.07, 6.45) is 0.891. The molecule has 0 spiro atoms. The molecule has 2 aromatic rings. The van der Waals surface area contributed by atoms with Crippen LogP contribution in [-0.2, 0) is 0 Å². The Morgan fingerprint density at radius 2 is 1.39 bits per heavy atom. The van der Waals surface area contributed by atoms with Crippen molar-refractivity contribution < 1.29 is 9.59 Å². The zero-order valence-electron chi connectivity index (χ0n) is 13.8. The SMILES string of the molecule is CCCNC(=O)c1ccc(C(=O)Nc2c(C)cccc2C)cc1. The summed E-state index contributed by atoms with van der Waals surface area (Å²) in [5.74, 6) is -0.295. The summed E-state index contributed by atoms with van der Waals surface area (Å²) >= 11 is 0. The molecule has 4 nitrogen and oxygen atoms in total. The minimum atomic E-state index is -0.178. The zero-order chi connectivity index (χ0) is 16.8. The molecule has 0 atom stereocenters. The molecule has 0 fully saturated rings. The Kier molecular flexibility index (Phi) is 5.52. The summed E-state index contributed by atoms with van der Waals surface area (Å²) in [6.45, 7) is 6.57. The molecule has 0 bridgehead atoms. The molecular weight excluding hydrogens is 288 g/mol. The Morgan fingerprint density at radius 1 is 0.870 bits per heavy atom. The fourth-order valence-corrected chi connectivity index (χ4v) is 2.31. The number of carbonyl (C=O) groups is 2. The Hall–Kier alpha value is -2.62. The summed E-state index contributed by atoms with van der Waals surface area (Å²) in [5.41, 5.74) is 3.96. The van der Waals surface area contributed by atoms with E-state index in [1.54, 1.807) is 24.3 Å². The molecule has 0 unspecified atom stereocenters. The molecule has 0 heterocycles. The lowest BCUT2D eigenvalue weighted by Crippen LogP contribution is -2.24. The maximum Gasteiger partial charge on any atom is 0.255 e. The van der Waals surface area contributed by atoms with Crippen molar-refractivity contribution in [3.8, 4) is 0 Å². The summed E-state index contributed by atoms with van der Waals surface area (Å²) in [5, 5.41) is 5.75. The van der Waals surface area contributed by atoms with Crippen LogP contribution in [0.1, 0.15) is 45.2 Å². The number of hydrogen-bond acceptors (Lipinski definition) is 2. The fraction of sp³-hybridized carbons (Fsp3) is 0.263. The van der Waals surface area contributed by atoms with Gasteiger partial charge in [0.15, 0.2) is 0 Å². The number of para-hydroxylation sites is 1. The summed E-state index contributed by atoms with van der Waals surface area (Å²) in [6, 6.07) is 12.6. The van der Waals surface area contributed by atoms with Crippen molar-refractivity contribution in [1.29, 1.82) is 0 Å². The van der Waals surface area contributed by atoms with Crippen LogP contribution in [0.4, 0.5) is 5.69 Å². The van der Waals surface area contributed by atoms with Crippen molar-refractivity contribution in [2.75, 3.05) is 11.9 Å². The molecule has 120 valence electrons. The van der Waals surface area contributed by atoms with E-state index in [2.05, 4.69) is 10.6 Å². The van der Waals surface area contributed by atoms with Crippen molar-refractivity contribution in [2.24, 2.45) is 0 Å². The molecule has 2 N–H and O–H groups in total. The van der Waals surface area contributed by atoms with Crippen molar-refractivity contribution in [1.82, 2.24) is 5.32 Å². The van der Waals surface area contributed by atoms with Gasteiger partial charge in [0.05, 0.1) is 0 Å². The Bertz CT molecular complexity index is 686. The van der Waals surface area contributed by atoms with E-state index in [1.807, 2.05) is 39.0 Å². The van der Waals surface area contributed by atoms with Crippen LogP contribution in [-0.4, -0.2) is 18.4 Å². The third-order valence-corrected chi connectivity index (χ3v) is 3.66. The van der Waals surface area contributed by atoms with Crippen molar-refractivity contribution in [3.63, 3.8) is 0 Å².